The molecule has 0 aliphatic carbocycles. The fourth-order valence-corrected chi connectivity index (χ4v) is 1.24. The number of carbonyl (C=O) groups excluding carboxylic acids is 2. The summed E-state index contributed by atoms with van der Waals surface area (Å²) in [6, 6.07) is 5.79. The summed E-state index contributed by atoms with van der Waals surface area (Å²) < 4.78 is 5.01. The molecule has 0 bridgehead atoms. The average molecular weight is 282 g/mol. The second-order valence-electron chi connectivity index (χ2n) is 3.84. The molecule has 108 valence electrons. The number of hydrogen-bond donors (Lipinski definition) is 4. The van der Waals surface area contributed by atoms with E-state index in [1.165, 1.54) is 24.3 Å². The summed E-state index contributed by atoms with van der Waals surface area (Å²) in [5.41, 5.74) is 5.17. The Kier molecular flexibility index (Phi) is 5.48. The monoisotopic (exact) mass is 282 g/mol. The van der Waals surface area contributed by atoms with Crippen molar-refractivity contribution < 1.29 is 29.3 Å². The SMILES string of the molecule is NC(=O)COc1ccc(C(=O)NC[C@H](O)C(=O)O)cc1. The van der Waals surface area contributed by atoms with E-state index in [4.69, 9.17) is 20.7 Å². The number of nitrogens with one attached hydrogen (secondary N) is 1. The fourth-order valence-electron chi connectivity index (χ4n) is 1.24. The van der Waals surface area contributed by atoms with Gasteiger partial charge in [0.1, 0.15) is 5.75 Å². The molecule has 0 aliphatic rings. The highest BCUT2D eigenvalue weighted by Gasteiger charge is 2.14. The van der Waals surface area contributed by atoms with Crippen LogP contribution in [0.4, 0.5) is 0 Å². The third kappa shape index (κ3) is 4.94. The number of aliphatic hydroxyl groups excluding tert-OH is 1. The summed E-state index contributed by atoms with van der Waals surface area (Å²) in [5.74, 6) is -2.20. The number of carboxylic acids is 1. The van der Waals surface area contributed by atoms with E-state index < -0.39 is 30.4 Å². The molecule has 0 radical (unpaired) electrons. The zero-order valence-electron chi connectivity index (χ0n) is 10.4. The molecule has 0 aromatic heterocycles. The number of carboxylic acid groups (broad SMARTS) is 1. The Balaban J connectivity index is 2.53. The van der Waals surface area contributed by atoms with Crippen molar-refractivity contribution in [3.05, 3.63) is 29.8 Å². The van der Waals surface area contributed by atoms with Gasteiger partial charge in [-0.3, -0.25) is 9.59 Å². The lowest BCUT2D eigenvalue weighted by Gasteiger charge is -2.08. The van der Waals surface area contributed by atoms with Gasteiger partial charge in [0, 0.05) is 5.56 Å². The topological polar surface area (TPSA) is 139 Å². The summed E-state index contributed by atoms with van der Waals surface area (Å²) in [6.07, 6.45) is -1.66. The van der Waals surface area contributed by atoms with Crippen LogP contribution in [0, 0.1) is 0 Å². The first-order chi connectivity index (χ1) is 9.40. The van der Waals surface area contributed by atoms with Gasteiger partial charge >= 0.3 is 5.97 Å². The first-order valence-electron chi connectivity index (χ1n) is 5.60. The van der Waals surface area contributed by atoms with Crippen molar-refractivity contribution in [2.45, 2.75) is 6.10 Å². The van der Waals surface area contributed by atoms with Crippen molar-refractivity contribution in [1.29, 1.82) is 0 Å². The van der Waals surface area contributed by atoms with Crippen molar-refractivity contribution in [3.8, 4) is 5.75 Å². The molecule has 1 aromatic rings. The van der Waals surface area contributed by atoms with Gasteiger partial charge in [-0.05, 0) is 24.3 Å². The lowest BCUT2D eigenvalue weighted by atomic mass is 10.2. The number of ether oxygens (including phenoxy) is 1. The Morgan fingerprint density at radius 2 is 1.85 bits per heavy atom. The Morgan fingerprint density at radius 3 is 2.35 bits per heavy atom. The average Bonchev–Trinajstić information content (AvgIpc) is 2.42. The van der Waals surface area contributed by atoms with E-state index in [0.717, 1.165) is 0 Å². The third-order valence-corrected chi connectivity index (χ3v) is 2.24. The van der Waals surface area contributed by atoms with Gasteiger partial charge in [-0.2, -0.15) is 0 Å². The molecule has 0 saturated heterocycles. The van der Waals surface area contributed by atoms with Gasteiger partial charge < -0.3 is 26.0 Å². The molecule has 0 heterocycles. The number of aliphatic hydroxyl groups is 1. The second kappa shape index (κ2) is 7.10. The minimum absolute atomic E-state index is 0.258. The Morgan fingerprint density at radius 1 is 1.25 bits per heavy atom. The molecule has 0 aliphatic heterocycles. The minimum Gasteiger partial charge on any atom is -0.484 e. The highest BCUT2D eigenvalue weighted by molar-refractivity contribution is 5.94. The van der Waals surface area contributed by atoms with Crippen LogP contribution in [-0.2, 0) is 9.59 Å². The van der Waals surface area contributed by atoms with Gasteiger partial charge in [0.25, 0.3) is 11.8 Å². The van der Waals surface area contributed by atoms with E-state index in [0.29, 0.717) is 5.75 Å². The van der Waals surface area contributed by atoms with Crippen LogP contribution in [0.1, 0.15) is 10.4 Å². The van der Waals surface area contributed by atoms with Crippen molar-refractivity contribution in [2.75, 3.05) is 13.2 Å². The number of amides is 2. The van der Waals surface area contributed by atoms with Gasteiger partial charge in [-0.25, -0.2) is 4.79 Å². The molecule has 2 amide bonds. The predicted molar refractivity (Wildman–Crippen MR) is 67.1 cm³/mol. The molecular formula is C12H14N2O6. The molecule has 1 atom stereocenters. The highest BCUT2D eigenvalue weighted by atomic mass is 16.5. The van der Waals surface area contributed by atoms with Crippen molar-refractivity contribution in [1.82, 2.24) is 5.32 Å². The highest BCUT2D eigenvalue weighted by Crippen LogP contribution is 2.11. The number of aliphatic carboxylic acids is 1. The molecule has 1 aromatic carbocycles. The number of hydrogen-bond acceptors (Lipinski definition) is 5. The van der Waals surface area contributed by atoms with Crippen LogP contribution in [0.25, 0.3) is 0 Å². The molecule has 0 spiro atoms. The molecule has 20 heavy (non-hydrogen) atoms. The van der Waals surface area contributed by atoms with Crippen molar-refractivity contribution >= 4 is 17.8 Å². The second-order valence-corrected chi connectivity index (χ2v) is 3.84. The predicted octanol–water partition coefficient (Wildman–Crippen LogP) is -1.27. The minimum atomic E-state index is -1.66. The maximum Gasteiger partial charge on any atom is 0.334 e. The van der Waals surface area contributed by atoms with Crippen molar-refractivity contribution in [3.63, 3.8) is 0 Å². The van der Waals surface area contributed by atoms with E-state index >= 15 is 0 Å². The maximum absolute atomic E-state index is 11.6. The zero-order valence-corrected chi connectivity index (χ0v) is 10.4. The molecule has 0 saturated carbocycles. The number of nitrogens with two attached hydrogens (primary N) is 1. The largest absolute Gasteiger partial charge is 0.484 e. The fraction of sp³-hybridized carbons (Fsp3) is 0.250. The van der Waals surface area contributed by atoms with E-state index in [1.807, 2.05) is 0 Å². The number of benzene rings is 1. The van der Waals surface area contributed by atoms with Gasteiger partial charge in [0.05, 0.1) is 6.54 Å². The van der Waals surface area contributed by atoms with E-state index in [1.54, 1.807) is 0 Å². The molecule has 8 heteroatoms. The maximum atomic E-state index is 11.6. The normalized spacial score (nSPS) is 11.4. The van der Waals surface area contributed by atoms with Crippen LogP contribution in [0.15, 0.2) is 24.3 Å². The van der Waals surface area contributed by atoms with Gasteiger partial charge in [0.2, 0.25) is 0 Å². The summed E-state index contributed by atoms with van der Waals surface area (Å²) in [5, 5.41) is 19.7. The number of primary amides is 1. The first kappa shape index (κ1) is 15.4. The van der Waals surface area contributed by atoms with Crippen LogP contribution < -0.4 is 15.8 Å². The molecule has 5 N–H and O–H groups in total. The first-order valence-corrected chi connectivity index (χ1v) is 5.60. The Hall–Kier alpha value is -2.61. The summed E-state index contributed by atoms with van der Waals surface area (Å²) in [7, 11) is 0. The molecule has 1 rings (SSSR count). The van der Waals surface area contributed by atoms with Gasteiger partial charge in [0.15, 0.2) is 12.7 Å². The van der Waals surface area contributed by atoms with Crippen LogP contribution in [0.5, 0.6) is 5.75 Å². The molecule has 0 unspecified atom stereocenters. The quantitative estimate of drug-likeness (QED) is 0.491. The number of rotatable bonds is 7. The van der Waals surface area contributed by atoms with E-state index in [9.17, 15) is 14.4 Å². The lowest BCUT2D eigenvalue weighted by molar-refractivity contribution is -0.146. The molecule has 0 fully saturated rings. The van der Waals surface area contributed by atoms with Crippen molar-refractivity contribution in [2.24, 2.45) is 5.73 Å². The van der Waals surface area contributed by atoms with Crippen LogP contribution in [-0.4, -0.2) is 47.3 Å². The summed E-state index contributed by atoms with van der Waals surface area (Å²) in [4.78, 5) is 32.5. The Bertz CT molecular complexity index is 499. The van der Waals surface area contributed by atoms with Gasteiger partial charge in [-0.15, -0.1) is 0 Å². The summed E-state index contributed by atoms with van der Waals surface area (Å²) in [6.45, 7) is -0.662. The number of carbonyl (C=O) groups is 3. The Labute approximate surface area is 114 Å². The standard InChI is InChI=1S/C12H14N2O6/c13-10(16)6-20-8-3-1-7(2-4-8)11(17)14-5-9(15)12(18)19/h1-4,9,15H,5-6H2,(H2,13,16)(H,14,17)(H,18,19)/t9-/m0/s1. The van der Waals surface area contributed by atoms with Crippen LogP contribution in [0.2, 0.25) is 0 Å². The molecular weight excluding hydrogens is 268 g/mol. The zero-order chi connectivity index (χ0) is 15.1. The van der Waals surface area contributed by atoms with Crippen LogP contribution in [0.3, 0.4) is 0 Å². The summed E-state index contributed by atoms with van der Waals surface area (Å²) >= 11 is 0. The lowest BCUT2D eigenvalue weighted by Crippen LogP contribution is -2.36. The van der Waals surface area contributed by atoms with Crippen LogP contribution >= 0.6 is 0 Å². The third-order valence-electron chi connectivity index (χ3n) is 2.24. The van der Waals surface area contributed by atoms with E-state index in [-0.39, 0.29) is 12.2 Å². The van der Waals surface area contributed by atoms with E-state index in [2.05, 4.69) is 5.32 Å². The molecule has 8 nitrogen and oxygen atoms in total. The van der Waals surface area contributed by atoms with Gasteiger partial charge in [-0.1, -0.05) is 0 Å². The smallest absolute Gasteiger partial charge is 0.334 e.